The van der Waals surface area contributed by atoms with Crippen molar-refractivity contribution >= 4 is 33.8 Å². The number of rotatable bonds is 1. The Morgan fingerprint density at radius 1 is 1.29 bits per heavy atom. The SMILES string of the molecule is CC(C)n1c2c(c3c(N)ncnc31)-c1cc3cc(C#N)ccc3n1C(=O)NC2. The van der Waals surface area contributed by atoms with Crippen LogP contribution in [0.3, 0.4) is 0 Å². The smallest absolute Gasteiger partial charge is 0.326 e. The van der Waals surface area contributed by atoms with Gasteiger partial charge >= 0.3 is 6.03 Å². The first-order valence-corrected chi connectivity index (χ1v) is 8.98. The molecule has 1 aliphatic rings. The van der Waals surface area contributed by atoms with Crippen molar-refractivity contribution < 1.29 is 4.79 Å². The quantitative estimate of drug-likeness (QED) is 0.533. The summed E-state index contributed by atoms with van der Waals surface area (Å²) in [6.07, 6.45) is 1.46. The molecule has 28 heavy (non-hydrogen) atoms. The molecule has 0 saturated heterocycles. The number of carbonyl (C=O) groups is 1. The van der Waals surface area contributed by atoms with Crippen molar-refractivity contribution in [1.29, 1.82) is 5.26 Å². The third kappa shape index (κ3) is 2.01. The van der Waals surface area contributed by atoms with E-state index in [0.717, 1.165) is 38.9 Å². The van der Waals surface area contributed by atoms with Gasteiger partial charge in [-0.15, -0.1) is 0 Å². The third-order valence-corrected chi connectivity index (χ3v) is 5.23. The van der Waals surface area contributed by atoms with Crippen molar-refractivity contribution in [2.75, 3.05) is 5.73 Å². The minimum absolute atomic E-state index is 0.124. The number of carbonyl (C=O) groups excluding carboxylic acids is 1. The van der Waals surface area contributed by atoms with Gasteiger partial charge in [-0.3, -0.25) is 4.57 Å². The van der Waals surface area contributed by atoms with Crippen LogP contribution in [0.4, 0.5) is 10.6 Å². The lowest BCUT2D eigenvalue weighted by molar-refractivity contribution is 0.243. The normalized spacial score (nSPS) is 13.3. The van der Waals surface area contributed by atoms with Crippen molar-refractivity contribution in [3.63, 3.8) is 0 Å². The summed E-state index contributed by atoms with van der Waals surface area (Å²) >= 11 is 0. The molecule has 0 spiro atoms. The van der Waals surface area contributed by atoms with Crippen LogP contribution in [0.2, 0.25) is 0 Å². The highest BCUT2D eigenvalue weighted by Gasteiger charge is 2.30. The Morgan fingerprint density at radius 3 is 2.86 bits per heavy atom. The maximum atomic E-state index is 12.9. The topological polar surface area (TPSA) is 115 Å². The lowest BCUT2D eigenvalue weighted by Crippen LogP contribution is -2.27. The van der Waals surface area contributed by atoms with E-state index < -0.39 is 0 Å². The summed E-state index contributed by atoms with van der Waals surface area (Å²) in [6.45, 7) is 4.50. The molecule has 4 heterocycles. The summed E-state index contributed by atoms with van der Waals surface area (Å²) in [4.78, 5) is 21.6. The van der Waals surface area contributed by atoms with Gasteiger partial charge < -0.3 is 15.6 Å². The van der Waals surface area contributed by atoms with Gasteiger partial charge in [-0.05, 0) is 38.1 Å². The van der Waals surface area contributed by atoms with Crippen LogP contribution in [0, 0.1) is 11.3 Å². The van der Waals surface area contributed by atoms with Gasteiger partial charge in [0.15, 0.2) is 0 Å². The first kappa shape index (κ1) is 16.3. The summed E-state index contributed by atoms with van der Waals surface area (Å²) < 4.78 is 3.73. The summed E-state index contributed by atoms with van der Waals surface area (Å²) in [5, 5.41) is 13.8. The van der Waals surface area contributed by atoms with E-state index in [1.807, 2.05) is 6.07 Å². The van der Waals surface area contributed by atoms with Gasteiger partial charge in [0, 0.05) is 22.7 Å². The molecule has 0 fully saturated rings. The van der Waals surface area contributed by atoms with Gasteiger partial charge in [-0.25, -0.2) is 14.8 Å². The van der Waals surface area contributed by atoms with Gasteiger partial charge in [0.25, 0.3) is 0 Å². The molecular weight excluding hydrogens is 354 g/mol. The van der Waals surface area contributed by atoms with Crippen molar-refractivity contribution in [1.82, 2.24) is 24.4 Å². The lowest BCUT2D eigenvalue weighted by atomic mass is 10.1. The van der Waals surface area contributed by atoms with Crippen molar-refractivity contribution in [2.45, 2.75) is 26.4 Å². The molecule has 8 nitrogen and oxygen atoms in total. The maximum Gasteiger partial charge on any atom is 0.326 e. The Labute approximate surface area is 160 Å². The van der Waals surface area contributed by atoms with Crippen LogP contribution < -0.4 is 11.1 Å². The average molecular weight is 371 g/mol. The number of amides is 1. The highest BCUT2D eigenvalue weighted by Crippen LogP contribution is 2.41. The van der Waals surface area contributed by atoms with E-state index in [1.54, 1.807) is 22.8 Å². The lowest BCUT2D eigenvalue weighted by Gasteiger charge is -2.14. The van der Waals surface area contributed by atoms with Crippen molar-refractivity contribution in [3.05, 3.63) is 41.9 Å². The van der Waals surface area contributed by atoms with Crippen LogP contribution in [-0.4, -0.2) is 25.1 Å². The molecule has 138 valence electrons. The van der Waals surface area contributed by atoms with Crippen molar-refractivity contribution in [3.8, 4) is 17.3 Å². The largest absolute Gasteiger partial charge is 0.383 e. The van der Waals surface area contributed by atoms with Gasteiger partial charge in [0.1, 0.15) is 17.8 Å². The number of nitrogen functional groups attached to an aromatic ring is 1. The van der Waals surface area contributed by atoms with E-state index >= 15 is 0 Å². The Kier molecular flexibility index (Phi) is 3.25. The molecule has 1 aliphatic heterocycles. The number of anilines is 1. The molecule has 0 atom stereocenters. The van der Waals surface area contributed by atoms with Crippen LogP contribution in [-0.2, 0) is 6.54 Å². The van der Waals surface area contributed by atoms with Crippen LogP contribution in [0.25, 0.3) is 33.2 Å². The number of nitrogens with two attached hydrogens (primary N) is 1. The molecule has 0 aliphatic carbocycles. The Balaban J connectivity index is 1.98. The average Bonchev–Trinajstić information content (AvgIpc) is 3.17. The van der Waals surface area contributed by atoms with E-state index in [1.165, 1.54) is 6.33 Å². The highest BCUT2D eigenvalue weighted by atomic mass is 16.2. The summed E-state index contributed by atoms with van der Waals surface area (Å²) in [5.74, 6) is 0.379. The van der Waals surface area contributed by atoms with Crippen LogP contribution >= 0.6 is 0 Å². The second kappa shape index (κ2) is 5.57. The van der Waals surface area contributed by atoms with Crippen molar-refractivity contribution in [2.24, 2.45) is 0 Å². The van der Waals surface area contributed by atoms with Gasteiger partial charge in [0.2, 0.25) is 0 Å². The molecule has 3 aromatic heterocycles. The number of aromatic nitrogens is 4. The minimum atomic E-state index is -0.218. The standard InChI is InChI=1S/C20H17N7O/c1-10(2)26-15-8-23-20(28)27-13-4-3-11(7-21)5-12(13)6-14(27)16(15)17-18(22)24-9-25-19(17)26/h3-6,9-10H,8H2,1-2H3,(H,23,28)(H2,22,24,25). The first-order chi connectivity index (χ1) is 13.5. The molecule has 1 amide bonds. The fourth-order valence-electron chi connectivity index (χ4n) is 4.14. The molecule has 0 unspecified atom stereocenters. The van der Waals surface area contributed by atoms with Gasteiger partial charge in [-0.1, -0.05) is 0 Å². The summed E-state index contributed by atoms with van der Waals surface area (Å²) in [5.41, 5.74) is 10.8. The number of nitrogens with zero attached hydrogens (tertiary/aromatic N) is 5. The zero-order valence-corrected chi connectivity index (χ0v) is 15.4. The molecule has 0 radical (unpaired) electrons. The third-order valence-electron chi connectivity index (χ3n) is 5.23. The van der Waals surface area contributed by atoms with E-state index in [9.17, 15) is 10.1 Å². The number of benzene rings is 1. The number of nitriles is 1. The van der Waals surface area contributed by atoms with Gasteiger partial charge in [-0.2, -0.15) is 5.26 Å². The second-order valence-electron chi connectivity index (χ2n) is 7.15. The Morgan fingerprint density at radius 2 is 2.11 bits per heavy atom. The summed E-state index contributed by atoms with van der Waals surface area (Å²) in [6, 6.07) is 9.27. The van der Waals surface area contributed by atoms with E-state index in [4.69, 9.17) is 5.73 Å². The molecule has 0 bridgehead atoms. The number of nitrogens with one attached hydrogen (secondary N) is 1. The molecule has 4 aromatic rings. The predicted octanol–water partition coefficient (Wildman–Crippen LogP) is 3.16. The number of fused-ring (bicyclic) bond motifs is 7. The maximum absolute atomic E-state index is 12.9. The Bertz CT molecular complexity index is 1340. The van der Waals surface area contributed by atoms with Crippen LogP contribution in [0.1, 0.15) is 31.1 Å². The predicted molar refractivity (Wildman–Crippen MR) is 106 cm³/mol. The number of hydrogen-bond donors (Lipinski definition) is 2. The molecule has 3 N–H and O–H groups in total. The van der Waals surface area contributed by atoms with Crippen LogP contribution in [0.15, 0.2) is 30.6 Å². The molecule has 1 aromatic carbocycles. The molecule has 8 heteroatoms. The zero-order valence-electron chi connectivity index (χ0n) is 15.4. The molecule has 5 rings (SSSR count). The molecular formula is C20H17N7O. The summed E-state index contributed by atoms with van der Waals surface area (Å²) in [7, 11) is 0. The monoisotopic (exact) mass is 371 g/mol. The highest BCUT2D eigenvalue weighted by molar-refractivity contribution is 6.08. The molecule has 0 saturated carbocycles. The first-order valence-electron chi connectivity index (χ1n) is 8.98. The fourth-order valence-corrected chi connectivity index (χ4v) is 4.14. The second-order valence-corrected chi connectivity index (χ2v) is 7.15. The van der Waals surface area contributed by atoms with E-state index in [0.29, 0.717) is 17.9 Å². The van der Waals surface area contributed by atoms with Crippen LogP contribution in [0.5, 0.6) is 0 Å². The van der Waals surface area contributed by atoms with E-state index in [2.05, 4.69) is 39.8 Å². The fraction of sp³-hybridized carbons (Fsp3) is 0.200. The zero-order chi connectivity index (χ0) is 19.6. The minimum Gasteiger partial charge on any atom is -0.383 e. The number of hydrogen-bond acceptors (Lipinski definition) is 5. The van der Waals surface area contributed by atoms with Gasteiger partial charge in [0.05, 0.1) is 34.8 Å². The van der Waals surface area contributed by atoms with E-state index in [-0.39, 0.29) is 12.1 Å². The Hall–Kier alpha value is -3.86.